The van der Waals surface area contributed by atoms with E-state index in [4.69, 9.17) is 11.6 Å². The lowest BCUT2D eigenvalue weighted by Crippen LogP contribution is -2.46. The van der Waals surface area contributed by atoms with Crippen molar-refractivity contribution in [3.8, 4) is 0 Å². The topological polar surface area (TPSA) is 55.9 Å². The van der Waals surface area contributed by atoms with Crippen LogP contribution in [-0.4, -0.2) is 0 Å². The summed E-state index contributed by atoms with van der Waals surface area (Å²) in [7, 11) is 0. The van der Waals surface area contributed by atoms with Crippen LogP contribution in [0.5, 0.6) is 0 Å². The first kappa shape index (κ1) is 5.88. The fourth-order valence-electron chi connectivity index (χ4n) is 0.649. The van der Waals surface area contributed by atoms with Crippen molar-refractivity contribution in [2.75, 3.05) is 11.6 Å². The molecule has 0 aliphatic heterocycles. The van der Waals surface area contributed by atoms with Crippen molar-refractivity contribution < 1.29 is 4.68 Å². The summed E-state index contributed by atoms with van der Waals surface area (Å²) >= 11 is 0. The van der Waals surface area contributed by atoms with Gasteiger partial charge in [-0.25, -0.2) is 0 Å². The fraction of sp³-hybridized carbons (Fsp3) is 0.167. The van der Waals surface area contributed by atoms with Crippen LogP contribution in [0.1, 0.15) is 5.56 Å². The number of nitrogens with two attached hydrogens (primary N) is 2. The van der Waals surface area contributed by atoms with Gasteiger partial charge >= 0.3 is 0 Å². The van der Waals surface area contributed by atoms with Crippen LogP contribution in [0.25, 0.3) is 0 Å². The zero-order valence-electron chi connectivity index (χ0n) is 5.33. The van der Waals surface area contributed by atoms with Gasteiger partial charge in [0.15, 0.2) is 0 Å². The second-order valence-electron chi connectivity index (χ2n) is 1.98. The van der Waals surface area contributed by atoms with E-state index >= 15 is 0 Å². The summed E-state index contributed by atoms with van der Waals surface area (Å²) in [6.07, 6.45) is 1.71. The monoisotopic (exact) mass is 124 g/mol. The molecule has 0 saturated heterocycles. The number of nitrogens with zero attached hydrogens (tertiary/aromatic N) is 1. The maximum Gasteiger partial charge on any atom is 0.298 e. The van der Waals surface area contributed by atoms with E-state index in [0.29, 0.717) is 5.82 Å². The standard InChI is InChI=1S/C6H9N3/c1-5-3-2-4-9(8)6(5)7/h2-4,7H,8H2,1H3/p+1. The van der Waals surface area contributed by atoms with Crippen LogP contribution in [-0.2, 0) is 0 Å². The van der Waals surface area contributed by atoms with Gasteiger partial charge in [0.05, 0.1) is 0 Å². The van der Waals surface area contributed by atoms with Gasteiger partial charge in [0.2, 0.25) is 0 Å². The van der Waals surface area contributed by atoms with E-state index in [1.54, 1.807) is 6.20 Å². The minimum Gasteiger partial charge on any atom is -0.285 e. The molecule has 0 amide bonds. The molecule has 1 aromatic heterocycles. The molecule has 0 atom stereocenters. The van der Waals surface area contributed by atoms with Gasteiger partial charge in [-0.3, -0.25) is 11.6 Å². The predicted octanol–water partition coefficient (Wildman–Crippen LogP) is -0.421. The zero-order chi connectivity index (χ0) is 6.85. The van der Waals surface area contributed by atoms with Crippen LogP contribution < -0.4 is 16.3 Å². The molecule has 0 aliphatic rings. The molecule has 0 fully saturated rings. The van der Waals surface area contributed by atoms with Gasteiger partial charge in [-0.05, 0) is 19.1 Å². The molecule has 3 nitrogen and oxygen atoms in total. The first-order valence-corrected chi connectivity index (χ1v) is 2.73. The first-order valence-electron chi connectivity index (χ1n) is 2.73. The summed E-state index contributed by atoms with van der Waals surface area (Å²) in [5, 5.41) is 0. The highest BCUT2D eigenvalue weighted by molar-refractivity contribution is 5.31. The average molecular weight is 124 g/mol. The molecule has 48 valence electrons. The van der Waals surface area contributed by atoms with Gasteiger partial charge in [-0.2, -0.15) is 0 Å². The van der Waals surface area contributed by atoms with Gasteiger partial charge in [0, 0.05) is 5.56 Å². The molecule has 0 bridgehead atoms. The van der Waals surface area contributed by atoms with E-state index in [9.17, 15) is 0 Å². The van der Waals surface area contributed by atoms with Gasteiger partial charge in [0.1, 0.15) is 6.20 Å². The largest absolute Gasteiger partial charge is 0.298 e. The number of pyridine rings is 1. The number of nitrogen functional groups attached to an aromatic ring is 2. The van der Waals surface area contributed by atoms with E-state index in [2.05, 4.69) is 0 Å². The molecule has 4 N–H and O–H groups in total. The van der Waals surface area contributed by atoms with Crippen molar-refractivity contribution >= 4 is 5.82 Å². The molecule has 0 radical (unpaired) electrons. The molecule has 9 heavy (non-hydrogen) atoms. The molecular formula is C6H10N3+. The van der Waals surface area contributed by atoms with Gasteiger partial charge in [-0.1, -0.05) is 0 Å². The highest BCUT2D eigenvalue weighted by atomic mass is 15.3. The Balaban J connectivity index is 3.25. The molecule has 1 heterocycles. The average Bonchev–Trinajstić information content (AvgIpc) is 1.83. The van der Waals surface area contributed by atoms with Crippen molar-refractivity contribution in [1.82, 2.24) is 0 Å². The summed E-state index contributed by atoms with van der Waals surface area (Å²) in [6, 6.07) is 3.77. The number of aryl methyl sites for hydroxylation is 1. The minimum atomic E-state index is 0.609. The van der Waals surface area contributed by atoms with Crippen LogP contribution in [0.4, 0.5) is 5.82 Å². The second kappa shape index (κ2) is 1.93. The first-order chi connectivity index (χ1) is 4.22. The van der Waals surface area contributed by atoms with Gasteiger partial charge in [-0.15, -0.1) is 4.68 Å². The molecule has 3 heteroatoms. The van der Waals surface area contributed by atoms with Crippen molar-refractivity contribution in [2.24, 2.45) is 0 Å². The Kier molecular flexibility index (Phi) is 1.26. The Morgan fingerprint density at radius 2 is 2.22 bits per heavy atom. The lowest BCUT2D eigenvalue weighted by molar-refractivity contribution is -0.624. The number of hydrogen-bond acceptors (Lipinski definition) is 2. The van der Waals surface area contributed by atoms with Crippen molar-refractivity contribution in [3.63, 3.8) is 0 Å². The summed E-state index contributed by atoms with van der Waals surface area (Å²) in [4.78, 5) is 0. The van der Waals surface area contributed by atoms with Crippen molar-refractivity contribution in [2.45, 2.75) is 6.92 Å². The summed E-state index contributed by atoms with van der Waals surface area (Å²) in [5.74, 6) is 6.02. The Bertz CT molecular complexity index is 199. The number of anilines is 1. The molecule has 0 saturated carbocycles. The van der Waals surface area contributed by atoms with E-state index in [1.165, 1.54) is 4.68 Å². The molecular weight excluding hydrogens is 114 g/mol. The molecule has 1 rings (SSSR count). The second-order valence-corrected chi connectivity index (χ2v) is 1.98. The lowest BCUT2D eigenvalue weighted by atomic mass is 10.3. The number of aromatic nitrogens is 1. The Morgan fingerprint density at radius 1 is 1.56 bits per heavy atom. The molecule has 0 unspecified atom stereocenters. The van der Waals surface area contributed by atoms with Gasteiger partial charge in [0.25, 0.3) is 5.82 Å². The Labute approximate surface area is 53.9 Å². The Morgan fingerprint density at radius 3 is 2.67 bits per heavy atom. The predicted molar refractivity (Wildman–Crippen MR) is 35.9 cm³/mol. The maximum absolute atomic E-state index is 5.52. The fourth-order valence-corrected chi connectivity index (χ4v) is 0.649. The molecule has 0 aliphatic carbocycles. The minimum absolute atomic E-state index is 0.609. The smallest absolute Gasteiger partial charge is 0.285 e. The third kappa shape index (κ3) is 0.937. The maximum atomic E-state index is 5.52. The highest BCUT2D eigenvalue weighted by Gasteiger charge is 2.00. The van der Waals surface area contributed by atoms with E-state index in [-0.39, 0.29) is 0 Å². The van der Waals surface area contributed by atoms with Crippen LogP contribution >= 0.6 is 0 Å². The van der Waals surface area contributed by atoms with Crippen LogP contribution in [0.2, 0.25) is 0 Å². The van der Waals surface area contributed by atoms with E-state index in [0.717, 1.165) is 5.56 Å². The molecule has 1 aromatic rings. The van der Waals surface area contributed by atoms with E-state index < -0.39 is 0 Å². The zero-order valence-corrected chi connectivity index (χ0v) is 5.33. The number of rotatable bonds is 0. The summed E-state index contributed by atoms with van der Waals surface area (Å²) < 4.78 is 1.40. The summed E-state index contributed by atoms with van der Waals surface area (Å²) in [5.41, 5.74) is 6.52. The molecule has 0 spiro atoms. The summed E-state index contributed by atoms with van der Waals surface area (Å²) in [6.45, 7) is 1.92. The van der Waals surface area contributed by atoms with Gasteiger partial charge < -0.3 is 0 Å². The molecule has 0 aromatic carbocycles. The van der Waals surface area contributed by atoms with Crippen LogP contribution in [0.3, 0.4) is 0 Å². The van der Waals surface area contributed by atoms with Crippen LogP contribution in [0.15, 0.2) is 18.3 Å². The lowest BCUT2D eigenvalue weighted by Gasteiger charge is -1.95. The van der Waals surface area contributed by atoms with Crippen molar-refractivity contribution in [3.05, 3.63) is 23.9 Å². The highest BCUT2D eigenvalue weighted by Crippen LogP contribution is 1.99. The third-order valence-electron chi connectivity index (χ3n) is 1.28. The van der Waals surface area contributed by atoms with Crippen LogP contribution in [0, 0.1) is 6.92 Å². The van der Waals surface area contributed by atoms with Crippen molar-refractivity contribution in [1.29, 1.82) is 0 Å². The van der Waals surface area contributed by atoms with E-state index in [1.807, 2.05) is 19.1 Å². The third-order valence-corrected chi connectivity index (χ3v) is 1.28. The SMILES string of the molecule is Cc1ccc[n+](N)c1N. The normalized spacial score (nSPS) is 9.44. The number of hydrogen-bond donors (Lipinski definition) is 2. The Hall–Kier alpha value is -1.25. The quantitative estimate of drug-likeness (QED) is 0.364.